The Morgan fingerprint density at radius 2 is 1.87 bits per heavy atom. The summed E-state index contributed by atoms with van der Waals surface area (Å²) in [7, 11) is 0. The van der Waals surface area contributed by atoms with E-state index in [0.29, 0.717) is 5.92 Å². The molecule has 0 nitrogen and oxygen atoms in total. The van der Waals surface area contributed by atoms with Crippen molar-refractivity contribution in [3.8, 4) is 0 Å². The first-order chi connectivity index (χ1) is 7.24. The molecule has 0 spiro atoms. The van der Waals surface area contributed by atoms with Crippen LogP contribution in [0.4, 0.5) is 0 Å². The Labute approximate surface area is 116 Å². The van der Waals surface area contributed by atoms with E-state index in [0.717, 1.165) is 0 Å². The molecule has 15 heavy (non-hydrogen) atoms. The number of hydrogen-bond acceptors (Lipinski definition) is 0. The summed E-state index contributed by atoms with van der Waals surface area (Å²) in [6.07, 6.45) is 9.12. The molecule has 2 aliphatic rings. The van der Waals surface area contributed by atoms with Crippen LogP contribution in [-0.4, -0.2) is 0 Å². The minimum atomic E-state index is 0.495. The van der Waals surface area contributed by atoms with Gasteiger partial charge in [0.1, 0.15) is 0 Å². The third kappa shape index (κ3) is 1.71. The predicted octanol–water partition coefficient (Wildman–Crippen LogP) is 2.74. The molecule has 0 amide bonds. The lowest BCUT2D eigenvalue weighted by atomic mass is 9.97. The zero-order chi connectivity index (χ0) is 10.4. The Morgan fingerprint density at radius 3 is 2.73 bits per heavy atom. The van der Waals surface area contributed by atoms with Crippen molar-refractivity contribution in [2.75, 3.05) is 0 Å². The summed E-state index contributed by atoms with van der Waals surface area (Å²) in [6, 6.07) is 6.68. The molecule has 2 aliphatic carbocycles. The Hall–Kier alpha value is -0.100. The lowest BCUT2D eigenvalue weighted by Crippen LogP contribution is -2.22. The van der Waals surface area contributed by atoms with E-state index in [9.17, 15) is 0 Å². The van der Waals surface area contributed by atoms with Crippen molar-refractivity contribution in [3.05, 3.63) is 54.0 Å². The van der Waals surface area contributed by atoms with Crippen LogP contribution < -0.4 is 10.4 Å². The predicted molar refractivity (Wildman–Crippen MR) is 81.0 cm³/mol. The van der Waals surface area contributed by atoms with Crippen LogP contribution in [0.3, 0.4) is 0 Å². The summed E-state index contributed by atoms with van der Waals surface area (Å²) in [4.78, 5) is 0. The van der Waals surface area contributed by atoms with Gasteiger partial charge in [0.25, 0.3) is 0 Å². The fourth-order valence-corrected chi connectivity index (χ4v) is 3.21. The third-order valence-electron chi connectivity index (χ3n) is 2.80. The molecule has 0 radical (unpaired) electrons. The maximum absolute atomic E-state index is 2.38. The summed E-state index contributed by atoms with van der Waals surface area (Å²) in [5, 5.41) is 2.78. The standard InChI is InChI=1S/C13H8I2/c14-10-1-3-12-8(6-10)5-9-7-11(15)2-4-13(9)12/h1-8H/t8-/m1/s1. The van der Waals surface area contributed by atoms with Crippen LogP contribution in [0.5, 0.6) is 0 Å². The molecule has 2 heteroatoms. The molecule has 0 fully saturated rings. The smallest absolute Gasteiger partial charge is 0.0227 e. The van der Waals surface area contributed by atoms with E-state index in [-0.39, 0.29) is 0 Å². The summed E-state index contributed by atoms with van der Waals surface area (Å²) >= 11 is 4.75. The molecule has 0 aromatic heterocycles. The van der Waals surface area contributed by atoms with Crippen LogP contribution in [0.15, 0.2) is 40.0 Å². The van der Waals surface area contributed by atoms with E-state index in [1.165, 1.54) is 23.2 Å². The van der Waals surface area contributed by atoms with Crippen molar-refractivity contribution in [2.24, 2.45) is 5.92 Å². The van der Waals surface area contributed by atoms with Crippen molar-refractivity contribution >= 4 is 56.8 Å². The lowest BCUT2D eigenvalue weighted by molar-refractivity contribution is 1.17. The number of fused-ring (bicyclic) bond motifs is 2. The van der Waals surface area contributed by atoms with E-state index in [2.05, 4.69) is 87.7 Å². The minimum absolute atomic E-state index is 0.495. The van der Waals surface area contributed by atoms with Gasteiger partial charge in [0.15, 0.2) is 0 Å². The third-order valence-corrected chi connectivity index (χ3v) is 4.19. The van der Waals surface area contributed by atoms with Gasteiger partial charge in [0, 0.05) is 13.1 Å². The van der Waals surface area contributed by atoms with E-state index >= 15 is 0 Å². The van der Waals surface area contributed by atoms with E-state index in [4.69, 9.17) is 0 Å². The van der Waals surface area contributed by atoms with Gasteiger partial charge in [0.2, 0.25) is 0 Å². The number of allylic oxidation sites excluding steroid dienone is 4. The van der Waals surface area contributed by atoms with Gasteiger partial charge in [-0.1, -0.05) is 24.3 Å². The van der Waals surface area contributed by atoms with E-state index < -0.39 is 0 Å². The normalized spacial score (nSPS) is 21.9. The summed E-state index contributed by atoms with van der Waals surface area (Å²) < 4.78 is 2.64. The van der Waals surface area contributed by atoms with Crippen LogP contribution in [0, 0.1) is 9.49 Å². The first-order valence-electron chi connectivity index (χ1n) is 4.81. The molecule has 0 aliphatic heterocycles. The molecular weight excluding hydrogens is 410 g/mol. The van der Waals surface area contributed by atoms with Gasteiger partial charge in [-0.2, -0.15) is 0 Å². The second kappa shape index (κ2) is 3.73. The van der Waals surface area contributed by atoms with Gasteiger partial charge in [-0.05, 0) is 79.4 Å². The zero-order valence-electron chi connectivity index (χ0n) is 7.87. The van der Waals surface area contributed by atoms with Gasteiger partial charge in [-0.15, -0.1) is 0 Å². The highest BCUT2D eigenvalue weighted by molar-refractivity contribution is 14.1. The Balaban J connectivity index is 2.34. The van der Waals surface area contributed by atoms with Crippen LogP contribution in [0.2, 0.25) is 0 Å². The Morgan fingerprint density at radius 1 is 1.00 bits per heavy atom. The molecular formula is C13H8I2. The highest BCUT2D eigenvalue weighted by atomic mass is 127. The molecule has 1 aromatic rings. The first-order valence-corrected chi connectivity index (χ1v) is 6.97. The average Bonchev–Trinajstić information content (AvgIpc) is 2.53. The molecule has 3 rings (SSSR count). The maximum atomic E-state index is 2.38. The topological polar surface area (TPSA) is 0 Å². The van der Waals surface area contributed by atoms with Gasteiger partial charge < -0.3 is 0 Å². The fraction of sp³-hybridized carbons (Fsp3) is 0.0769. The quantitative estimate of drug-likeness (QED) is 0.569. The second-order valence-electron chi connectivity index (χ2n) is 3.76. The van der Waals surface area contributed by atoms with Crippen molar-refractivity contribution in [1.82, 2.24) is 0 Å². The lowest BCUT2D eigenvalue weighted by Gasteiger charge is -2.10. The molecule has 1 aromatic carbocycles. The molecule has 0 unspecified atom stereocenters. The maximum Gasteiger partial charge on any atom is 0.0227 e. The number of rotatable bonds is 0. The summed E-state index contributed by atoms with van der Waals surface area (Å²) in [6.45, 7) is 0. The van der Waals surface area contributed by atoms with Crippen LogP contribution >= 0.6 is 45.2 Å². The SMILES string of the molecule is IC1=C[C@H]2C=c3cc(I)ccc3=C2C=C1. The number of halogens is 2. The largest absolute Gasteiger partial charge is 0.0652 e. The van der Waals surface area contributed by atoms with Gasteiger partial charge in [0.05, 0.1) is 0 Å². The highest BCUT2D eigenvalue weighted by Crippen LogP contribution is 2.28. The average molecular weight is 418 g/mol. The first kappa shape index (κ1) is 10.1. The molecule has 0 saturated heterocycles. The van der Waals surface area contributed by atoms with Gasteiger partial charge in [-0.25, -0.2) is 0 Å². The van der Waals surface area contributed by atoms with Crippen molar-refractivity contribution in [3.63, 3.8) is 0 Å². The Bertz CT molecular complexity index is 606. The number of benzene rings is 1. The molecule has 0 N–H and O–H groups in total. The van der Waals surface area contributed by atoms with Crippen molar-refractivity contribution in [1.29, 1.82) is 0 Å². The summed E-state index contributed by atoms with van der Waals surface area (Å²) in [5.74, 6) is 0.495. The molecule has 1 atom stereocenters. The van der Waals surface area contributed by atoms with Gasteiger partial charge in [-0.3, -0.25) is 0 Å². The minimum Gasteiger partial charge on any atom is -0.0652 e. The van der Waals surface area contributed by atoms with Crippen LogP contribution in [0.1, 0.15) is 0 Å². The van der Waals surface area contributed by atoms with Gasteiger partial charge >= 0.3 is 0 Å². The molecule has 0 saturated carbocycles. The molecule has 0 heterocycles. The van der Waals surface area contributed by atoms with Crippen LogP contribution in [0.25, 0.3) is 11.6 Å². The van der Waals surface area contributed by atoms with Crippen molar-refractivity contribution < 1.29 is 0 Å². The second-order valence-corrected chi connectivity index (χ2v) is 6.26. The Kier molecular flexibility index (Phi) is 2.51. The molecule has 0 bridgehead atoms. The zero-order valence-corrected chi connectivity index (χ0v) is 12.2. The monoisotopic (exact) mass is 418 g/mol. The van der Waals surface area contributed by atoms with E-state index in [1.807, 2.05) is 0 Å². The highest BCUT2D eigenvalue weighted by Gasteiger charge is 2.16. The molecule has 74 valence electrons. The van der Waals surface area contributed by atoms with Crippen molar-refractivity contribution in [2.45, 2.75) is 0 Å². The van der Waals surface area contributed by atoms with Crippen LogP contribution in [-0.2, 0) is 0 Å². The fourth-order valence-electron chi connectivity index (χ4n) is 2.13. The van der Waals surface area contributed by atoms with E-state index in [1.54, 1.807) is 0 Å². The summed E-state index contributed by atoms with van der Waals surface area (Å²) in [5.41, 5.74) is 1.45. The number of hydrogen-bond donors (Lipinski definition) is 0.